The Morgan fingerprint density at radius 3 is 2.12 bits per heavy atom. The lowest BCUT2D eigenvalue weighted by atomic mass is 9.95. The first-order valence-corrected chi connectivity index (χ1v) is 5.59. The van der Waals surface area contributed by atoms with Crippen molar-refractivity contribution < 1.29 is 0 Å². The highest BCUT2D eigenvalue weighted by Gasteiger charge is 2.16. The summed E-state index contributed by atoms with van der Waals surface area (Å²) in [7, 11) is 0. The molecule has 1 rings (SSSR count). The van der Waals surface area contributed by atoms with Crippen LogP contribution in [0.1, 0.15) is 30.5 Å². The summed E-state index contributed by atoms with van der Waals surface area (Å²) in [5.41, 5.74) is 4.59. The Morgan fingerprint density at radius 2 is 1.69 bits per heavy atom. The number of hydrogen-bond donors (Lipinski definition) is 1. The minimum atomic E-state index is -0.330. The lowest BCUT2D eigenvalue weighted by Gasteiger charge is -2.20. The van der Waals surface area contributed by atoms with Gasteiger partial charge in [-0.15, -0.1) is 0 Å². The van der Waals surface area contributed by atoms with E-state index in [9.17, 15) is 0 Å². The van der Waals surface area contributed by atoms with Crippen LogP contribution in [0.5, 0.6) is 0 Å². The van der Waals surface area contributed by atoms with Gasteiger partial charge in [0.15, 0.2) is 0 Å². The highest BCUT2D eigenvalue weighted by atomic mass is 14.9. The Labute approximate surface area is 98.3 Å². The molecule has 1 aromatic carbocycles. The summed E-state index contributed by atoms with van der Waals surface area (Å²) in [5, 5.41) is 12.3. The van der Waals surface area contributed by atoms with Crippen LogP contribution in [0.15, 0.2) is 12.1 Å². The lowest BCUT2D eigenvalue weighted by Crippen LogP contribution is -2.21. The zero-order chi connectivity index (χ0) is 12.3. The van der Waals surface area contributed by atoms with Gasteiger partial charge in [0.1, 0.15) is 0 Å². The monoisotopic (exact) mass is 216 g/mol. The molecule has 1 aromatic rings. The Balaban J connectivity index is 2.87. The molecule has 0 spiro atoms. The first kappa shape index (κ1) is 12.6. The number of benzene rings is 1. The second-order valence-electron chi connectivity index (χ2n) is 5.12. The molecule has 0 saturated carbocycles. The van der Waals surface area contributed by atoms with E-state index < -0.39 is 0 Å². The number of aryl methyl sites for hydroxylation is 3. The van der Waals surface area contributed by atoms with Gasteiger partial charge in [-0.05, 0) is 45.7 Å². The summed E-state index contributed by atoms with van der Waals surface area (Å²) in [5.74, 6) is 0. The smallest absolute Gasteiger partial charge is 0.0702 e. The van der Waals surface area contributed by atoms with Crippen molar-refractivity contribution >= 4 is 5.69 Å². The van der Waals surface area contributed by atoms with Crippen LogP contribution in [-0.4, -0.2) is 6.54 Å². The summed E-state index contributed by atoms with van der Waals surface area (Å²) in [6.07, 6.45) is 0. The fourth-order valence-corrected chi connectivity index (χ4v) is 1.81. The Kier molecular flexibility index (Phi) is 3.59. The van der Waals surface area contributed by atoms with Gasteiger partial charge in [-0.2, -0.15) is 5.26 Å². The molecule has 16 heavy (non-hydrogen) atoms. The van der Waals surface area contributed by atoms with Gasteiger partial charge in [-0.3, -0.25) is 0 Å². The normalized spacial score (nSPS) is 11.0. The van der Waals surface area contributed by atoms with Crippen molar-refractivity contribution in [2.45, 2.75) is 34.6 Å². The van der Waals surface area contributed by atoms with Crippen LogP contribution in [0, 0.1) is 37.5 Å². The molecule has 1 N–H and O–H groups in total. The fraction of sp³-hybridized carbons (Fsp3) is 0.500. The number of nitrogens with one attached hydrogen (secondary N) is 1. The second-order valence-corrected chi connectivity index (χ2v) is 5.12. The maximum atomic E-state index is 8.96. The molecule has 2 nitrogen and oxygen atoms in total. The molecule has 2 heteroatoms. The van der Waals surface area contributed by atoms with Crippen LogP contribution in [0.2, 0.25) is 0 Å². The molecule has 0 aromatic heterocycles. The summed E-state index contributed by atoms with van der Waals surface area (Å²) >= 11 is 0. The van der Waals surface area contributed by atoms with Crippen LogP contribution in [0.25, 0.3) is 0 Å². The van der Waals surface area contributed by atoms with Gasteiger partial charge in [0.25, 0.3) is 0 Å². The molecule has 0 unspecified atom stereocenters. The minimum Gasteiger partial charge on any atom is -0.383 e. The number of hydrogen-bond acceptors (Lipinski definition) is 2. The Morgan fingerprint density at radius 1 is 1.19 bits per heavy atom. The van der Waals surface area contributed by atoms with Crippen molar-refractivity contribution in [1.82, 2.24) is 0 Å². The standard InChI is InChI=1S/C14H20N2/c1-10-6-11(2)13(12(3)7-10)16-9-14(4,5)8-15/h6-7,16H,9H2,1-5H3. The average Bonchev–Trinajstić information content (AvgIpc) is 2.16. The molecule has 0 radical (unpaired) electrons. The van der Waals surface area contributed by atoms with Crippen molar-refractivity contribution in [2.75, 3.05) is 11.9 Å². The topological polar surface area (TPSA) is 35.8 Å². The van der Waals surface area contributed by atoms with Crippen molar-refractivity contribution in [1.29, 1.82) is 5.26 Å². The SMILES string of the molecule is Cc1cc(C)c(NCC(C)(C)C#N)c(C)c1. The summed E-state index contributed by atoms with van der Waals surface area (Å²) < 4.78 is 0. The number of nitriles is 1. The van der Waals surface area contributed by atoms with E-state index >= 15 is 0 Å². The third kappa shape index (κ3) is 3.00. The Hall–Kier alpha value is -1.49. The number of anilines is 1. The molecule has 0 atom stereocenters. The van der Waals surface area contributed by atoms with Crippen LogP contribution in [-0.2, 0) is 0 Å². The van der Waals surface area contributed by atoms with Gasteiger partial charge in [-0.1, -0.05) is 17.7 Å². The van der Waals surface area contributed by atoms with Gasteiger partial charge in [0, 0.05) is 12.2 Å². The summed E-state index contributed by atoms with van der Waals surface area (Å²) in [6.45, 7) is 10.9. The zero-order valence-electron chi connectivity index (χ0n) is 10.8. The van der Waals surface area contributed by atoms with Gasteiger partial charge in [-0.25, -0.2) is 0 Å². The van der Waals surface area contributed by atoms with Gasteiger partial charge in [0.05, 0.1) is 11.5 Å². The molecular formula is C14H20N2. The average molecular weight is 216 g/mol. The fourth-order valence-electron chi connectivity index (χ4n) is 1.81. The largest absolute Gasteiger partial charge is 0.383 e. The van der Waals surface area contributed by atoms with Gasteiger partial charge in [0.2, 0.25) is 0 Å². The van der Waals surface area contributed by atoms with E-state index in [1.54, 1.807) is 0 Å². The van der Waals surface area contributed by atoms with Crippen LogP contribution >= 0.6 is 0 Å². The molecule has 0 bridgehead atoms. The summed E-state index contributed by atoms with van der Waals surface area (Å²) in [6, 6.07) is 6.62. The molecule has 86 valence electrons. The minimum absolute atomic E-state index is 0.330. The van der Waals surface area contributed by atoms with Crippen molar-refractivity contribution in [2.24, 2.45) is 5.41 Å². The van der Waals surface area contributed by atoms with Gasteiger partial charge < -0.3 is 5.32 Å². The van der Waals surface area contributed by atoms with Crippen LogP contribution in [0.3, 0.4) is 0 Å². The number of rotatable bonds is 3. The molecule has 0 aliphatic carbocycles. The zero-order valence-corrected chi connectivity index (χ0v) is 10.8. The second kappa shape index (κ2) is 4.57. The van der Waals surface area contributed by atoms with E-state index in [4.69, 9.17) is 5.26 Å². The molecule has 0 fully saturated rings. The third-order valence-electron chi connectivity index (χ3n) is 2.69. The molecule has 0 saturated heterocycles. The maximum absolute atomic E-state index is 8.96. The highest BCUT2D eigenvalue weighted by Crippen LogP contribution is 2.23. The maximum Gasteiger partial charge on any atom is 0.0702 e. The summed E-state index contributed by atoms with van der Waals surface area (Å²) in [4.78, 5) is 0. The predicted octanol–water partition coefficient (Wildman–Crippen LogP) is 3.57. The number of nitrogens with zero attached hydrogens (tertiary/aromatic N) is 1. The van der Waals surface area contributed by atoms with Crippen molar-refractivity contribution in [3.8, 4) is 6.07 Å². The van der Waals surface area contributed by atoms with Crippen LogP contribution < -0.4 is 5.32 Å². The molecule has 0 amide bonds. The molecule has 0 aliphatic heterocycles. The quantitative estimate of drug-likeness (QED) is 0.838. The van der Waals surface area contributed by atoms with E-state index in [1.165, 1.54) is 16.7 Å². The van der Waals surface area contributed by atoms with E-state index in [1.807, 2.05) is 13.8 Å². The van der Waals surface area contributed by atoms with Crippen LogP contribution in [0.4, 0.5) is 5.69 Å². The first-order valence-electron chi connectivity index (χ1n) is 5.59. The molecule has 0 heterocycles. The molecule has 0 aliphatic rings. The van der Waals surface area contributed by atoms with E-state index in [2.05, 4.69) is 44.3 Å². The third-order valence-corrected chi connectivity index (χ3v) is 2.69. The lowest BCUT2D eigenvalue weighted by molar-refractivity contribution is 0.528. The highest BCUT2D eigenvalue weighted by molar-refractivity contribution is 5.58. The molecular weight excluding hydrogens is 196 g/mol. The van der Waals surface area contributed by atoms with Crippen molar-refractivity contribution in [3.05, 3.63) is 28.8 Å². The Bertz CT molecular complexity index is 402. The van der Waals surface area contributed by atoms with Crippen molar-refractivity contribution in [3.63, 3.8) is 0 Å². The van der Waals surface area contributed by atoms with E-state index in [0.717, 1.165) is 5.69 Å². The van der Waals surface area contributed by atoms with Gasteiger partial charge >= 0.3 is 0 Å². The predicted molar refractivity (Wildman–Crippen MR) is 68.5 cm³/mol. The van der Waals surface area contributed by atoms with E-state index in [-0.39, 0.29) is 5.41 Å². The van der Waals surface area contributed by atoms with E-state index in [0.29, 0.717) is 6.54 Å². The first-order chi connectivity index (χ1) is 7.35.